The number of nitrogens with zero attached hydrogens (tertiary/aromatic N) is 3. The molecule has 4 heteroatoms. The lowest BCUT2D eigenvalue weighted by Crippen LogP contribution is -2.23. The van der Waals surface area contributed by atoms with E-state index in [1.807, 2.05) is 25.2 Å². The highest BCUT2D eigenvalue weighted by molar-refractivity contribution is 5.38. The van der Waals surface area contributed by atoms with Crippen LogP contribution >= 0.6 is 0 Å². The van der Waals surface area contributed by atoms with Crippen LogP contribution in [0.3, 0.4) is 0 Å². The van der Waals surface area contributed by atoms with Crippen molar-refractivity contribution in [1.29, 1.82) is 0 Å². The maximum absolute atomic E-state index is 4.30. The molecule has 0 aliphatic rings. The SMILES string of the molecule is CCN(Cc1ccccc1)c1ccc(CNC)nn1. The van der Waals surface area contributed by atoms with Gasteiger partial charge in [0.25, 0.3) is 0 Å². The third-order valence-corrected chi connectivity index (χ3v) is 2.99. The predicted octanol–water partition coefficient (Wildman–Crippen LogP) is 2.22. The lowest BCUT2D eigenvalue weighted by molar-refractivity contribution is 0.747. The molecule has 0 fully saturated rings. The van der Waals surface area contributed by atoms with E-state index in [0.717, 1.165) is 31.1 Å². The van der Waals surface area contributed by atoms with Crippen molar-refractivity contribution >= 4 is 5.82 Å². The molecule has 1 aromatic carbocycles. The van der Waals surface area contributed by atoms with E-state index in [9.17, 15) is 0 Å². The predicted molar refractivity (Wildman–Crippen MR) is 78.0 cm³/mol. The first kappa shape index (κ1) is 13.5. The number of benzene rings is 1. The molecule has 0 aliphatic heterocycles. The smallest absolute Gasteiger partial charge is 0.151 e. The van der Waals surface area contributed by atoms with Gasteiger partial charge in [-0.1, -0.05) is 30.3 Å². The van der Waals surface area contributed by atoms with Gasteiger partial charge in [-0.25, -0.2) is 0 Å². The van der Waals surface area contributed by atoms with Gasteiger partial charge in [0, 0.05) is 19.6 Å². The highest BCUT2D eigenvalue weighted by Gasteiger charge is 2.07. The van der Waals surface area contributed by atoms with Crippen molar-refractivity contribution in [3.05, 3.63) is 53.7 Å². The van der Waals surface area contributed by atoms with Crippen LogP contribution in [0.15, 0.2) is 42.5 Å². The summed E-state index contributed by atoms with van der Waals surface area (Å²) >= 11 is 0. The van der Waals surface area contributed by atoms with Gasteiger partial charge in [-0.15, -0.1) is 5.10 Å². The van der Waals surface area contributed by atoms with E-state index in [1.54, 1.807) is 0 Å². The highest BCUT2D eigenvalue weighted by atomic mass is 15.3. The third-order valence-electron chi connectivity index (χ3n) is 2.99. The first-order valence-corrected chi connectivity index (χ1v) is 6.59. The minimum atomic E-state index is 0.748. The van der Waals surface area contributed by atoms with Crippen LogP contribution in [-0.2, 0) is 13.1 Å². The molecule has 1 aromatic heterocycles. The van der Waals surface area contributed by atoms with Gasteiger partial charge in [-0.3, -0.25) is 0 Å². The second-order valence-electron chi connectivity index (χ2n) is 4.41. The standard InChI is InChI=1S/C15H20N4/c1-3-19(12-13-7-5-4-6-8-13)15-10-9-14(11-16-2)17-18-15/h4-10,16H,3,11-12H2,1-2H3. The molecule has 0 spiro atoms. The number of anilines is 1. The normalized spacial score (nSPS) is 10.4. The van der Waals surface area contributed by atoms with Crippen molar-refractivity contribution in [3.8, 4) is 0 Å². The number of hydrogen-bond acceptors (Lipinski definition) is 4. The zero-order valence-electron chi connectivity index (χ0n) is 11.5. The minimum Gasteiger partial charge on any atom is -0.351 e. The van der Waals surface area contributed by atoms with Gasteiger partial charge in [0.05, 0.1) is 5.69 Å². The fraction of sp³-hybridized carbons (Fsp3) is 0.333. The Hall–Kier alpha value is -1.94. The second-order valence-corrected chi connectivity index (χ2v) is 4.41. The summed E-state index contributed by atoms with van der Waals surface area (Å²) in [5.41, 5.74) is 2.24. The van der Waals surface area contributed by atoms with Gasteiger partial charge in [-0.05, 0) is 31.7 Å². The van der Waals surface area contributed by atoms with Gasteiger partial charge in [-0.2, -0.15) is 5.10 Å². The molecule has 0 radical (unpaired) electrons. The van der Waals surface area contributed by atoms with Crippen molar-refractivity contribution < 1.29 is 0 Å². The van der Waals surface area contributed by atoms with E-state index >= 15 is 0 Å². The zero-order chi connectivity index (χ0) is 13.5. The molecule has 0 bridgehead atoms. The Bertz CT molecular complexity index is 481. The van der Waals surface area contributed by atoms with Gasteiger partial charge in [0.1, 0.15) is 0 Å². The van der Waals surface area contributed by atoms with E-state index in [2.05, 4.69) is 51.6 Å². The zero-order valence-corrected chi connectivity index (χ0v) is 11.5. The van der Waals surface area contributed by atoms with Crippen LogP contribution in [0.5, 0.6) is 0 Å². The van der Waals surface area contributed by atoms with E-state index in [0.29, 0.717) is 0 Å². The van der Waals surface area contributed by atoms with Gasteiger partial charge in [0.15, 0.2) is 5.82 Å². The molecule has 2 rings (SSSR count). The van der Waals surface area contributed by atoms with E-state index in [1.165, 1.54) is 5.56 Å². The molecule has 0 amide bonds. The second kappa shape index (κ2) is 6.85. The number of hydrogen-bond donors (Lipinski definition) is 1. The Morgan fingerprint density at radius 3 is 2.42 bits per heavy atom. The van der Waals surface area contributed by atoms with E-state index in [4.69, 9.17) is 0 Å². The summed E-state index contributed by atoms with van der Waals surface area (Å²) in [7, 11) is 1.91. The monoisotopic (exact) mass is 256 g/mol. The molecule has 0 aliphatic carbocycles. The van der Waals surface area contributed by atoms with E-state index < -0.39 is 0 Å². The summed E-state index contributed by atoms with van der Waals surface area (Å²) in [5, 5.41) is 11.6. The summed E-state index contributed by atoms with van der Waals surface area (Å²) in [5.74, 6) is 0.922. The van der Waals surface area contributed by atoms with Crippen LogP contribution in [0.1, 0.15) is 18.2 Å². The molecule has 0 saturated heterocycles. The average molecular weight is 256 g/mol. The molecular formula is C15H20N4. The molecule has 4 nitrogen and oxygen atoms in total. The van der Waals surface area contributed by atoms with Gasteiger partial charge < -0.3 is 10.2 Å². The van der Waals surface area contributed by atoms with Crippen molar-refractivity contribution in [2.24, 2.45) is 0 Å². The molecule has 100 valence electrons. The topological polar surface area (TPSA) is 41.0 Å². The summed E-state index contributed by atoms with van der Waals surface area (Å²) in [6, 6.07) is 14.5. The van der Waals surface area contributed by atoms with Crippen LogP contribution in [-0.4, -0.2) is 23.8 Å². The number of nitrogens with one attached hydrogen (secondary N) is 1. The van der Waals surface area contributed by atoms with Crippen molar-refractivity contribution in [2.45, 2.75) is 20.0 Å². The average Bonchev–Trinajstić information content (AvgIpc) is 2.47. The van der Waals surface area contributed by atoms with Crippen LogP contribution in [0.2, 0.25) is 0 Å². The lowest BCUT2D eigenvalue weighted by Gasteiger charge is -2.21. The minimum absolute atomic E-state index is 0.748. The van der Waals surface area contributed by atoms with Gasteiger partial charge in [0.2, 0.25) is 0 Å². The lowest BCUT2D eigenvalue weighted by atomic mass is 10.2. The first-order valence-electron chi connectivity index (χ1n) is 6.59. The van der Waals surface area contributed by atoms with Crippen LogP contribution in [0.25, 0.3) is 0 Å². The van der Waals surface area contributed by atoms with Gasteiger partial charge >= 0.3 is 0 Å². The molecule has 1 N–H and O–H groups in total. The number of rotatable bonds is 6. The van der Waals surface area contributed by atoms with Crippen molar-refractivity contribution in [3.63, 3.8) is 0 Å². The summed E-state index contributed by atoms with van der Waals surface area (Å²) in [6.07, 6.45) is 0. The quantitative estimate of drug-likeness (QED) is 0.860. The fourth-order valence-corrected chi connectivity index (χ4v) is 1.96. The molecule has 2 aromatic rings. The summed E-state index contributed by atoms with van der Waals surface area (Å²) in [4.78, 5) is 2.21. The Morgan fingerprint density at radius 2 is 1.84 bits per heavy atom. The Balaban J connectivity index is 2.08. The maximum Gasteiger partial charge on any atom is 0.151 e. The van der Waals surface area contributed by atoms with Crippen molar-refractivity contribution in [2.75, 3.05) is 18.5 Å². The molecule has 0 atom stereocenters. The third kappa shape index (κ3) is 3.76. The van der Waals surface area contributed by atoms with Crippen LogP contribution in [0.4, 0.5) is 5.82 Å². The fourth-order valence-electron chi connectivity index (χ4n) is 1.96. The number of aromatic nitrogens is 2. The van der Waals surface area contributed by atoms with Crippen LogP contribution < -0.4 is 10.2 Å². The Kier molecular flexibility index (Phi) is 4.86. The highest BCUT2D eigenvalue weighted by Crippen LogP contribution is 2.13. The molecular weight excluding hydrogens is 236 g/mol. The molecule has 0 unspecified atom stereocenters. The molecule has 1 heterocycles. The molecule has 19 heavy (non-hydrogen) atoms. The Labute approximate surface area is 114 Å². The molecule has 0 saturated carbocycles. The maximum atomic E-state index is 4.30. The van der Waals surface area contributed by atoms with Crippen LogP contribution in [0, 0.1) is 0 Å². The largest absolute Gasteiger partial charge is 0.351 e. The first-order chi connectivity index (χ1) is 9.33. The van der Waals surface area contributed by atoms with E-state index in [-0.39, 0.29) is 0 Å². The summed E-state index contributed by atoms with van der Waals surface area (Å²) < 4.78 is 0. The Morgan fingerprint density at radius 1 is 1.05 bits per heavy atom. The summed E-state index contributed by atoms with van der Waals surface area (Å²) in [6.45, 7) is 4.65. The van der Waals surface area contributed by atoms with Crippen molar-refractivity contribution in [1.82, 2.24) is 15.5 Å².